The Kier molecular flexibility index (Phi) is 2.66. The summed E-state index contributed by atoms with van der Waals surface area (Å²) in [6.07, 6.45) is 3.54. The van der Waals surface area contributed by atoms with E-state index < -0.39 is 0 Å². The summed E-state index contributed by atoms with van der Waals surface area (Å²) in [7, 11) is 0. The van der Waals surface area contributed by atoms with Crippen molar-refractivity contribution in [3.05, 3.63) is 0 Å². The zero-order valence-corrected chi connectivity index (χ0v) is 9.03. The van der Waals surface area contributed by atoms with Gasteiger partial charge in [-0.15, -0.1) is 0 Å². The molecule has 14 heavy (non-hydrogen) atoms. The van der Waals surface area contributed by atoms with Gasteiger partial charge in [0.15, 0.2) is 0 Å². The van der Waals surface area contributed by atoms with Gasteiger partial charge < -0.3 is 9.64 Å². The molecule has 2 saturated heterocycles. The molecule has 3 unspecified atom stereocenters. The first-order valence-corrected chi connectivity index (χ1v) is 5.65. The van der Waals surface area contributed by atoms with Crippen LogP contribution in [0.3, 0.4) is 0 Å². The summed E-state index contributed by atoms with van der Waals surface area (Å²) < 4.78 is 5.06. The van der Waals surface area contributed by atoms with E-state index in [1.807, 2.05) is 11.8 Å². The zero-order valence-electron chi connectivity index (χ0n) is 9.03. The third kappa shape index (κ3) is 1.60. The highest BCUT2D eigenvalue weighted by atomic mass is 16.6. The van der Waals surface area contributed by atoms with Crippen LogP contribution in [0, 0.1) is 11.8 Å². The first-order chi connectivity index (χ1) is 6.72. The highest BCUT2D eigenvalue weighted by Crippen LogP contribution is 2.39. The molecule has 2 heterocycles. The van der Waals surface area contributed by atoms with Crippen molar-refractivity contribution in [1.29, 1.82) is 0 Å². The number of carbonyl (C=O) groups is 1. The molecule has 3 heteroatoms. The van der Waals surface area contributed by atoms with Gasteiger partial charge in [-0.2, -0.15) is 0 Å². The Hall–Kier alpha value is -0.730. The Morgan fingerprint density at radius 1 is 1.50 bits per heavy atom. The summed E-state index contributed by atoms with van der Waals surface area (Å²) >= 11 is 0. The number of hydrogen-bond donors (Lipinski definition) is 0. The van der Waals surface area contributed by atoms with Crippen molar-refractivity contribution in [1.82, 2.24) is 4.90 Å². The minimum absolute atomic E-state index is 0.103. The van der Waals surface area contributed by atoms with Crippen molar-refractivity contribution in [3.8, 4) is 0 Å². The number of amides is 1. The van der Waals surface area contributed by atoms with Gasteiger partial charge in [0, 0.05) is 12.6 Å². The van der Waals surface area contributed by atoms with E-state index in [4.69, 9.17) is 4.74 Å². The summed E-state index contributed by atoms with van der Waals surface area (Å²) in [5.74, 6) is 1.50. The van der Waals surface area contributed by atoms with Crippen LogP contribution in [-0.4, -0.2) is 30.2 Å². The quantitative estimate of drug-likeness (QED) is 0.645. The van der Waals surface area contributed by atoms with Crippen molar-refractivity contribution >= 4 is 6.09 Å². The monoisotopic (exact) mass is 197 g/mol. The summed E-state index contributed by atoms with van der Waals surface area (Å²) in [5.41, 5.74) is 0. The molecule has 0 aromatic rings. The molecule has 0 radical (unpaired) electrons. The molecule has 1 aliphatic carbocycles. The fraction of sp³-hybridized carbons (Fsp3) is 0.909. The van der Waals surface area contributed by atoms with Gasteiger partial charge in [0.05, 0.1) is 6.61 Å². The Morgan fingerprint density at radius 2 is 2.29 bits per heavy atom. The van der Waals surface area contributed by atoms with Crippen LogP contribution in [0.25, 0.3) is 0 Å². The normalized spacial score (nSPS) is 35.9. The van der Waals surface area contributed by atoms with Gasteiger partial charge in [0.1, 0.15) is 0 Å². The zero-order chi connectivity index (χ0) is 10.1. The van der Waals surface area contributed by atoms with Crippen molar-refractivity contribution in [2.45, 2.75) is 39.2 Å². The molecule has 0 spiro atoms. The third-order valence-corrected chi connectivity index (χ3v) is 3.69. The standard InChI is InChI=1S/C11H19NO2/c1-3-14-11(13)12-7-9-4-5-10(12)6-8(9)2/h8-10H,3-7H2,1-2H3. The maximum atomic E-state index is 11.6. The SMILES string of the molecule is CCOC(=O)N1CC2CCC1CC2C. The molecule has 3 fully saturated rings. The molecule has 3 rings (SSSR count). The van der Waals surface area contributed by atoms with Crippen LogP contribution in [0.2, 0.25) is 0 Å². The van der Waals surface area contributed by atoms with E-state index in [9.17, 15) is 4.79 Å². The average Bonchev–Trinajstić information content (AvgIpc) is 2.18. The summed E-state index contributed by atoms with van der Waals surface area (Å²) in [4.78, 5) is 13.5. The van der Waals surface area contributed by atoms with Crippen LogP contribution >= 0.6 is 0 Å². The maximum absolute atomic E-state index is 11.6. The molecule has 2 bridgehead atoms. The van der Waals surface area contributed by atoms with Gasteiger partial charge in [0.2, 0.25) is 0 Å². The van der Waals surface area contributed by atoms with Gasteiger partial charge in [-0.1, -0.05) is 6.92 Å². The molecule has 80 valence electrons. The van der Waals surface area contributed by atoms with Gasteiger partial charge in [-0.25, -0.2) is 4.79 Å². The largest absolute Gasteiger partial charge is 0.450 e. The summed E-state index contributed by atoms with van der Waals surface area (Å²) in [5, 5.41) is 0. The van der Waals surface area contributed by atoms with E-state index in [1.165, 1.54) is 19.3 Å². The van der Waals surface area contributed by atoms with E-state index in [2.05, 4.69) is 6.92 Å². The second-order valence-corrected chi connectivity index (χ2v) is 4.56. The van der Waals surface area contributed by atoms with Crippen molar-refractivity contribution in [2.24, 2.45) is 11.8 Å². The summed E-state index contributed by atoms with van der Waals surface area (Å²) in [6, 6.07) is 0.453. The predicted molar refractivity (Wildman–Crippen MR) is 54.0 cm³/mol. The number of fused-ring (bicyclic) bond motifs is 3. The van der Waals surface area contributed by atoms with Crippen molar-refractivity contribution in [3.63, 3.8) is 0 Å². The minimum atomic E-state index is -0.103. The van der Waals surface area contributed by atoms with E-state index in [1.54, 1.807) is 0 Å². The number of ether oxygens (including phenoxy) is 1. The Labute approximate surface area is 85.4 Å². The lowest BCUT2D eigenvalue weighted by molar-refractivity contribution is 0.00702. The van der Waals surface area contributed by atoms with Gasteiger partial charge in [0.25, 0.3) is 0 Å². The molecule has 3 nitrogen and oxygen atoms in total. The van der Waals surface area contributed by atoms with Crippen LogP contribution in [0.5, 0.6) is 0 Å². The smallest absolute Gasteiger partial charge is 0.410 e. The van der Waals surface area contributed by atoms with Gasteiger partial charge >= 0.3 is 6.09 Å². The number of piperidine rings is 2. The number of hydrogen-bond acceptors (Lipinski definition) is 2. The Balaban J connectivity index is 1.99. The number of rotatable bonds is 1. The first-order valence-electron chi connectivity index (χ1n) is 5.65. The lowest BCUT2D eigenvalue weighted by Crippen LogP contribution is -2.53. The fourth-order valence-corrected chi connectivity index (χ4v) is 2.82. The van der Waals surface area contributed by atoms with Crippen LogP contribution < -0.4 is 0 Å². The minimum Gasteiger partial charge on any atom is -0.450 e. The fourth-order valence-electron chi connectivity index (χ4n) is 2.82. The second-order valence-electron chi connectivity index (χ2n) is 4.56. The molecule has 0 N–H and O–H groups in total. The Morgan fingerprint density at radius 3 is 2.79 bits per heavy atom. The maximum Gasteiger partial charge on any atom is 0.410 e. The molecule has 3 aliphatic rings. The molecule has 1 amide bonds. The topological polar surface area (TPSA) is 29.5 Å². The predicted octanol–water partition coefficient (Wildman–Crippen LogP) is 2.26. The van der Waals surface area contributed by atoms with Crippen LogP contribution in [0.1, 0.15) is 33.1 Å². The van der Waals surface area contributed by atoms with Gasteiger partial charge in [-0.3, -0.25) is 0 Å². The first kappa shape index (κ1) is 9.81. The molecule has 2 aliphatic heterocycles. The molecule has 0 aromatic heterocycles. The molecule has 1 saturated carbocycles. The van der Waals surface area contributed by atoms with E-state index in [0.29, 0.717) is 18.6 Å². The molecule has 3 atom stereocenters. The van der Waals surface area contributed by atoms with E-state index >= 15 is 0 Å². The highest BCUT2D eigenvalue weighted by molar-refractivity contribution is 5.68. The van der Waals surface area contributed by atoms with Gasteiger partial charge in [-0.05, 0) is 38.0 Å². The Bertz CT molecular complexity index is 229. The second kappa shape index (κ2) is 3.79. The van der Waals surface area contributed by atoms with Crippen LogP contribution in [0.4, 0.5) is 4.79 Å². The van der Waals surface area contributed by atoms with Crippen molar-refractivity contribution < 1.29 is 9.53 Å². The molecular weight excluding hydrogens is 178 g/mol. The number of carbonyl (C=O) groups excluding carboxylic acids is 1. The average molecular weight is 197 g/mol. The van der Waals surface area contributed by atoms with Crippen molar-refractivity contribution in [2.75, 3.05) is 13.2 Å². The van der Waals surface area contributed by atoms with E-state index in [-0.39, 0.29) is 6.09 Å². The summed E-state index contributed by atoms with van der Waals surface area (Å²) in [6.45, 7) is 5.58. The lowest BCUT2D eigenvalue weighted by Gasteiger charge is -2.47. The van der Waals surface area contributed by atoms with E-state index in [0.717, 1.165) is 12.5 Å². The number of nitrogens with zero attached hydrogens (tertiary/aromatic N) is 1. The van der Waals surface area contributed by atoms with Crippen LogP contribution in [-0.2, 0) is 4.74 Å². The molecular formula is C11H19NO2. The van der Waals surface area contributed by atoms with Crippen LogP contribution in [0.15, 0.2) is 0 Å². The highest BCUT2D eigenvalue weighted by Gasteiger charge is 2.40. The lowest BCUT2D eigenvalue weighted by atomic mass is 9.73. The molecule has 0 aromatic carbocycles. The third-order valence-electron chi connectivity index (χ3n) is 3.69.